The second-order valence-electron chi connectivity index (χ2n) is 15.4. The van der Waals surface area contributed by atoms with E-state index in [9.17, 15) is 46.6 Å². The molecule has 22 heteroatoms. The Hall–Kier alpha value is -5.42. The summed E-state index contributed by atoms with van der Waals surface area (Å²) < 4.78 is 68.4. The van der Waals surface area contributed by atoms with Crippen molar-refractivity contribution >= 4 is 47.3 Å². The highest BCUT2D eigenvalue weighted by Crippen LogP contribution is 2.41. The van der Waals surface area contributed by atoms with E-state index in [2.05, 4.69) is 5.32 Å². The van der Waals surface area contributed by atoms with Gasteiger partial charge in [-0.25, -0.2) is 13.6 Å². The summed E-state index contributed by atoms with van der Waals surface area (Å²) in [6, 6.07) is 11.5. The van der Waals surface area contributed by atoms with E-state index in [4.69, 9.17) is 31.2 Å². The average molecular weight is 915 g/mol. The summed E-state index contributed by atoms with van der Waals surface area (Å²) in [4.78, 5) is 73.7. The number of hydrogen-bond acceptors (Lipinski definition) is 11. The number of aliphatic hydroxyl groups excluding tert-OH is 1. The summed E-state index contributed by atoms with van der Waals surface area (Å²) in [7, 11) is 0. The Morgan fingerprint density at radius 3 is 2.22 bits per heavy atom. The molecule has 4 atom stereocenters. The van der Waals surface area contributed by atoms with Crippen LogP contribution in [0, 0.1) is 17.0 Å². The number of benzene rings is 2. The number of likely N-dealkylation sites (tertiary alicyclic amines) is 1. The Morgan fingerprint density at radius 2 is 1.63 bits per heavy atom. The summed E-state index contributed by atoms with van der Waals surface area (Å²) in [6.45, 7) is 5.36. The average Bonchev–Trinajstić information content (AvgIpc) is 3.74. The van der Waals surface area contributed by atoms with Gasteiger partial charge < -0.3 is 46.3 Å². The maximum absolute atomic E-state index is 15.0. The lowest BCUT2D eigenvalue weighted by atomic mass is 9.82. The van der Waals surface area contributed by atoms with Crippen molar-refractivity contribution in [3.63, 3.8) is 0 Å². The third-order valence-corrected chi connectivity index (χ3v) is 10.8. The van der Waals surface area contributed by atoms with Gasteiger partial charge in [-0.3, -0.25) is 28.9 Å². The van der Waals surface area contributed by atoms with Gasteiger partial charge in [0, 0.05) is 54.8 Å². The number of nitrogens with two attached hydrogens (primary N) is 2. The molecule has 0 radical (unpaired) electrons. The Balaban J connectivity index is 0.00000139. The first kappa shape index (κ1) is 51.9. The molecule has 0 spiro atoms. The molecule has 4 rings (SSSR count). The molecule has 1 aromatic heterocycles. The smallest absolute Gasteiger partial charge is 0.480 e. The molecule has 8 N–H and O–H groups in total. The number of aliphatic hydroxyl groups is 1. The first-order chi connectivity index (χ1) is 29.5. The second-order valence-corrected chi connectivity index (χ2v) is 16.6. The lowest BCUT2D eigenvalue weighted by molar-refractivity contribution is -0.192. The number of halogens is 5. The maximum Gasteiger partial charge on any atom is 0.490 e. The zero-order valence-electron chi connectivity index (χ0n) is 34.6. The minimum Gasteiger partial charge on any atom is -0.480 e. The van der Waals surface area contributed by atoms with Gasteiger partial charge in [0.05, 0.1) is 37.1 Å². The minimum absolute atomic E-state index is 0.00969. The standard InChI is InChI=1S/C39H50F2N6O8S.C2HF3O2/c1-39(2,3)35(31-17-25(27-18-26(40)9-10-28(27)41)21-45(31)20-24-7-5-4-6-8-24)46(34(50)22-48)13-11-29(42)36(51)44-12-15-55-16-14-47-33(49)19-32(37(47)52)56-23-30(43)38(53)54;3-2(4,5)1(6)7/h4-10,17-18,21,29-30,32,35,48H,11-16,19-20,22-23,42-43H2,1-3H3,(H,44,51)(H,53,54);(H,6,7)/t29-,30-,32?,35-;/m0./s1. The fourth-order valence-corrected chi connectivity index (χ4v) is 7.57. The fourth-order valence-electron chi connectivity index (χ4n) is 6.45. The van der Waals surface area contributed by atoms with Crippen LogP contribution >= 0.6 is 11.8 Å². The van der Waals surface area contributed by atoms with E-state index in [1.54, 1.807) is 12.3 Å². The van der Waals surface area contributed by atoms with E-state index in [0.29, 0.717) is 17.8 Å². The molecule has 16 nitrogen and oxygen atoms in total. The number of aromatic nitrogens is 1. The van der Waals surface area contributed by atoms with Gasteiger partial charge in [-0.05, 0) is 41.7 Å². The SMILES string of the molecule is CC(C)(C)[C@H](c1cc(-c2cc(F)ccc2F)cn1Cc1ccccc1)N(CC[C@H](N)C(=O)NCCOCCN1C(=O)CC(SC[C@H](N)C(=O)O)C1=O)C(=O)CO.O=C(O)C(F)(F)F. The van der Waals surface area contributed by atoms with Gasteiger partial charge in [0.1, 0.15) is 24.3 Å². The number of nitrogens with zero attached hydrogens (tertiary/aromatic N) is 3. The van der Waals surface area contributed by atoms with E-state index in [1.807, 2.05) is 55.7 Å². The topological polar surface area (TPSA) is 248 Å². The number of thioether (sulfide) groups is 1. The van der Waals surface area contributed by atoms with Crippen molar-refractivity contribution in [3.8, 4) is 11.1 Å². The van der Waals surface area contributed by atoms with Crippen molar-refractivity contribution in [2.24, 2.45) is 16.9 Å². The summed E-state index contributed by atoms with van der Waals surface area (Å²) in [5.74, 6) is -7.15. The molecule has 1 saturated heterocycles. The molecule has 1 fully saturated rings. The molecule has 1 unspecified atom stereocenters. The molecule has 1 aliphatic rings. The molecule has 346 valence electrons. The summed E-state index contributed by atoms with van der Waals surface area (Å²) >= 11 is 1.02. The van der Waals surface area contributed by atoms with E-state index in [-0.39, 0.29) is 57.0 Å². The molecule has 1 aliphatic heterocycles. The van der Waals surface area contributed by atoms with E-state index >= 15 is 4.39 Å². The fraction of sp³-hybridized carbons (Fsp3) is 0.463. The molecule has 4 amide bonds. The van der Waals surface area contributed by atoms with Crippen LogP contribution in [0.1, 0.15) is 50.9 Å². The van der Waals surface area contributed by atoms with Crippen LogP contribution in [-0.4, -0.2) is 134 Å². The summed E-state index contributed by atoms with van der Waals surface area (Å²) in [6.07, 6.45) is -3.41. The van der Waals surface area contributed by atoms with Crippen LogP contribution in [0.15, 0.2) is 60.8 Å². The number of nitrogens with one attached hydrogen (secondary N) is 1. The minimum atomic E-state index is -5.08. The Kier molecular flexibility index (Phi) is 19.2. The van der Waals surface area contributed by atoms with Gasteiger partial charge in [0.15, 0.2) is 0 Å². The normalized spacial score (nSPS) is 15.6. The number of imide groups is 1. The predicted octanol–water partition coefficient (Wildman–Crippen LogP) is 3.15. The van der Waals surface area contributed by atoms with Crippen LogP contribution in [0.3, 0.4) is 0 Å². The third kappa shape index (κ3) is 15.4. The summed E-state index contributed by atoms with van der Waals surface area (Å²) in [5.41, 5.74) is 13.1. The Labute approximate surface area is 363 Å². The molecule has 0 aliphatic carbocycles. The van der Waals surface area contributed by atoms with E-state index in [0.717, 1.165) is 40.4 Å². The number of hydrogen-bond donors (Lipinski definition) is 6. The third-order valence-electron chi connectivity index (χ3n) is 9.49. The molecule has 2 heterocycles. The van der Waals surface area contributed by atoms with Gasteiger partial charge in [-0.2, -0.15) is 13.2 Å². The number of ether oxygens (including phenoxy) is 1. The first-order valence-electron chi connectivity index (χ1n) is 19.4. The number of carbonyl (C=O) groups is 6. The molecule has 0 bridgehead atoms. The number of carboxylic acids is 2. The number of carboxylic acid groups (broad SMARTS) is 2. The van der Waals surface area contributed by atoms with E-state index in [1.165, 1.54) is 4.90 Å². The number of aliphatic carboxylic acids is 2. The molecule has 2 aromatic carbocycles. The lowest BCUT2D eigenvalue weighted by Crippen LogP contribution is -2.48. The number of rotatable bonds is 20. The zero-order valence-corrected chi connectivity index (χ0v) is 35.5. The van der Waals surface area contributed by atoms with Crippen molar-refractivity contribution in [1.82, 2.24) is 19.7 Å². The predicted molar refractivity (Wildman–Crippen MR) is 220 cm³/mol. The van der Waals surface area contributed by atoms with Gasteiger partial charge in [0.25, 0.3) is 0 Å². The van der Waals surface area contributed by atoms with Crippen LogP contribution < -0.4 is 16.8 Å². The Morgan fingerprint density at radius 1 is 0.984 bits per heavy atom. The first-order valence-corrected chi connectivity index (χ1v) is 20.5. The number of carbonyl (C=O) groups excluding carboxylic acids is 4. The van der Waals surface area contributed by atoms with Crippen LogP contribution in [-0.2, 0) is 40.0 Å². The highest BCUT2D eigenvalue weighted by molar-refractivity contribution is 8.00. The highest BCUT2D eigenvalue weighted by Gasteiger charge is 2.40. The van der Waals surface area contributed by atoms with Crippen LogP contribution in [0.2, 0.25) is 0 Å². The molecular weight excluding hydrogens is 864 g/mol. The van der Waals surface area contributed by atoms with Gasteiger partial charge in [-0.1, -0.05) is 51.1 Å². The zero-order chi connectivity index (χ0) is 47.2. The van der Waals surface area contributed by atoms with Gasteiger partial charge >= 0.3 is 18.1 Å². The van der Waals surface area contributed by atoms with Crippen LogP contribution in [0.5, 0.6) is 0 Å². The van der Waals surface area contributed by atoms with Crippen LogP contribution in [0.25, 0.3) is 11.1 Å². The second kappa shape index (κ2) is 23.3. The summed E-state index contributed by atoms with van der Waals surface area (Å²) in [5, 5.41) is 28.1. The number of amides is 4. The number of alkyl halides is 3. The molecule has 0 saturated carbocycles. The molecule has 3 aromatic rings. The van der Waals surface area contributed by atoms with Gasteiger partial charge in [-0.15, -0.1) is 11.8 Å². The quantitative estimate of drug-likeness (QED) is 0.0543. The molecule has 63 heavy (non-hydrogen) atoms. The van der Waals surface area contributed by atoms with Crippen molar-refractivity contribution in [2.75, 3.05) is 45.2 Å². The monoisotopic (exact) mass is 914 g/mol. The lowest BCUT2D eigenvalue weighted by Gasteiger charge is -2.41. The Bertz CT molecular complexity index is 2070. The van der Waals surface area contributed by atoms with Crippen LogP contribution in [0.4, 0.5) is 22.0 Å². The van der Waals surface area contributed by atoms with Crippen molar-refractivity contribution in [2.45, 2.75) is 69.7 Å². The van der Waals surface area contributed by atoms with Crippen molar-refractivity contribution in [1.29, 1.82) is 0 Å². The highest BCUT2D eigenvalue weighted by atomic mass is 32.2. The van der Waals surface area contributed by atoms with Gasteiger partial charge in [0.2, 0.25) is 23.6 Å². The van der Waals surface area contributed by atoms with Crippen molar-refractivity contribution < 1.29 is 70.8 Å². The van der Waals surface area contributed by atoms with Crippen molar-refractivity contribution in [3.05, 3.63) is 83.7 Å². The maximum atomic E-state index is 15.0. The van der Waals surface area contributed by atoms with E-state index < -0.39 is 88.8 Å². The largest absolute Gasteiger partial charge is 0.490 e. The molecular formula is C41H51F5N6O10S.